The van der Waals surface area contributed by atoms with Gasteiger partial charge >= 0.3 is 5.97 Å². The van der Waals surface area contributed by atoms with Crippen molar-refractivity contribution in [2.45, 2.75) is 37.4 Å². The van der Waals surface area contributed by atoms with Crippen LogP contribution in [0.2, 0.25) is 0 Å². The highest BCUT2D eigenvalue weighted by Gasteiger charge is 2.29. The summed E-state index contributed by atoms with van der Waals surface area (Å²) in [6, 6.07) is 1.68. The predicted molar refractivity (Wildman–Crippen MR) is 98.9 cm³/mol. The van der Waals surface area contributed by atoms with E-state index in [9.17, 15) is 29.1 Å². The number of phenolic OH excluding ortho intramolecular Hbond substituents is 1. The Labute approximate surface area is 165 Å². The number of phenols is 1. The fraction of sp³-hybridized carbons (Fsp3) is 0.353. The predicted octanol–water partition coefficient (Wildman–Crippen LogP) is -2.93. The molecule has 158 valence electrons. The van der Waals surface area contributed by atoms with Gasteiger partial charge in [0.1, 0.15) is 17.8 Å². The summed E-state index contributed by atoms with van der Waals surface area (Å²) in [7, 11) is 0. The van der Waals surface area contributed by atoms with Gasteiger partial charge in [0.2, 0.25) is 23.6 Å². The fourth-order valence-corrected chi connectivity index (χ4v) is 2.34. The number of primary amides is 2. The number of carboxylic acids is 1. The maximum absolute atomic E-state index is 12.3. The Morgan fingerprint density at radius 1 is 0.862 bits per heavy atom. The lowest BCUT2D eigenvalue weighted by Gasteiger charge is -2.21. The van der Waals surface area contributed by atoms with Gasteiger partial charge in [0.15, 0.2) is 0 Å². The van der Waals surface area contributed by atoms with Crippen LogP contribution in [0.3, 0.4) is 0 Å². The minimum Gasteiger partial charge on any atom is -0.508 e. The van der Waals surface area contributed by atoms with E-state index >= 15 is 0 Å². The number of carbonyl (C=O) groups excluding carboxylic acids is 4. The molecule has 1 aromatic rings. The van der Waals surface area contributed by atoms with Crippen LogP contribution < -0.4 is 27.8 Å². The largest absolute Gasteiger partial charge is 0.508 e. The first-order valence-corrected chi connectivity index (χ1v) is 8.43. The molecule has 0 aliphatic carbocycles. The monoisotopic (exact) mass is 409 g/mol. The van der Waals surface area contributed by atoms with E-state index in [4.69, 9.17) is 22.3 Å². The molecule has 10 N–H and O–H groups in total. The SMILES string of the molecule is NC(=O)CC(NC(=O)C(CC(N)=O)NC(=O)C(N)Cc1ccc(O)cc1)C(=O)O. The molecule has 0 bridgehead atoms. The van der Waals surface area contributed by atoms with Gasteiger partial charge in [0, 0.05) is 0 Å². The maximum Gasteiger partial charge on any atom is 0.326 e. The molecule has 0 spiro atoms. The molecule has 1 rings (SSSR count). The smallest absolute Gasteiger partial charge is 0.326 e. The number of rotatable bonds is 11. The van der Waals surface area contributed by atoms with Crippen LogP contribution in [0.4, 0.5) is 0 Å². The lowest BCUT2D eigenvalue weighted by molar-refractivity contribution is -0.143. The van der Waals surface area contributed by atoms with E-state index in [0.29, 0.717) is 5.56 Å². The van der Waals surface area contributed by atoms with Crippen molar-refractivity contribution in [3.63, 3.8) is 0 Å². The number of hydrogen-bond donors (Lipinski definition) is 7. The normalized spacial score (nSPS) is 13.6. The van der Waals surface area contributed by atoms with Gasteiger partial charge in [-0.25, -0.2) is 4.79 Å². The summed E-state index contributed by atoms with van der Waals surface area (Å²) in [6.07, 6.45) is -1.23. The number of aromatic hydroxyl groups is 1. The topological polar surface area (TPSA) is 228 Å². The standard InChI is InChI=1S/C17H23N5O7/c18-10(5-8-1-3-9(23)4-2-8)15(26)21-11(6-13(19)24)16(27)22-12(17(28)29)7-14(20)25/h1-4,10-12,23H,5-7,18H2,(H2,19,24)(H2,20,25)(H,21,26)(H,22,27)(H,28,29). The Bertz CT molecular complexity index is 781. The van der Waals surface area contributed by atoms with Gasteiger partial charge in [-0.2, -0.15) is 0 Å². The maximum atomic E-state index is 12.3. The number of benzene rings is 1. The number of nitrogens with one attached hydrogen (secondary N) is 2. The van der Waals surface area contributed by atoms with Gasteiger partial charge in [0.05, 0.1) is 18.9 Å². The summed E-state index contributed by atoms with van der Waals surface area (Å²) in [6.45, 7) is 0. The lowest BCUT2D eigenvalue weighted by atomic mass is 10.0. The summed E-state index contributed by atoms with van der Waals surface area (Å²) in [4.78, 5) is 57.9. The highest BCUT2D eigenvalue weighted by molar-refractivity contribution is 5.95. The second-order valence-corrected chi connectivity index (χ2v) is 6.28. The lowest BCUT2D eigenvalue weighted by Crippen LogP contribution is -2.56. The molecule has 12 heteroatoms. The zero-order chi connectivity index (χ0) is 22.1. The van der Waals surface area contributed by atoms with Crippen molar-refractivity contribution in [3.8, 4) is 5.75 Å². The van der Waals surface area contributed by atoms with E-state index in [0.717, 1.165) is 0 Å². The summed E-state index contributed by atoms with van der Waals surface area (Å²) in [5.41, 5.74) is 16.5. The Balaban J connectivity index is 2.82. The van der Waals surface area contributed by atoms with Gasteiger partial charge in [-0.05, 0) is 24.1 Å². The van der Waals surface area contributed by atoms with Gasteiger partial charge < -0.3 is 38.0 Å². The molecule has 0 radical (unpaired) electrons. The quantitative estimate of drug-likeness (QED) is 0.199. The first-order valence-electron chi connectivity index (χ1n) is 8.43. The van der Waals surface area contributed by atoms with Crippen LogP contribution in [0.15, 0.2) is 24.3 Å². The van der Waals surface area contributed by atoms with Gasteiger partial charge in [0.25, 0.3) is 0 Å². The van der Waals surface area contributed by atoms with E-state index in [-0.39, 0.29) is 12.2 Å². The van der Waals surface area contributed by atoms with Crippen molar-refractivity contribution in [3.05, 3.63) is 29.8 Å². The Kier molecular flexibility index (Phi) is 8.55. The summed E-state index contributed by atoms with van der Waals surface area (Å²) in [5.74, 6) is -5.22. The van der Waals surface area contributed by atoms with Gasteiger partial charge in [-0.1, -0.05) is 12.1 Å². The van der Waals surface area contributed by atoms with Crippen LogP contribution in [0.25, 0.3) is 0 Å². The van der Waals surface area contributed by atoms with Crippen LogP contribution in [0.5, 0.6) is 5.75 Å². The molecular formula is C17H23N5O7. The van der Waals surface area contributed by atoms with Gasteiger partial charge in [-0.15, -0.1) is 0 Å². The van der Waals surface area contributed by atoms with E-state index in [1.165, 1.54) is 12.1 Å². The van der Waals surface area contributed by atoms with Crippen LogP contribution in [-0.4, -0.2) is 57.9 Å². The minimum absolute atomic E-state index is 0.0360. The molecule has 0 aliphatic rings. The summed E-state index contributed by atoms with van der Waals surface area (Å²) < 4.78 is 0. The fourth-order valence-electron chi connectivity index (χ4n) is 2.34. The molecule has 0 heterocycles. The van der Waals surface area contributed by atoms with E-state index in [1.807, 2.05) is 5.32 Å². The average molecular weight is 409 g/mol. The number of carbonyl (C=O) groups is 5. The van der Waals surface area contributed by atoms with Crippen LogP contribution in [0.1, 0.15) is 18.4 Å². The number of hydrogen-bond acceptors (Lipinski definition) is 7. The molecule has 29 heavy (non-hydrogen) atoms. The van der Waals surface area contributed by atoms with Crippen molar-refractivity contribution in [2.75, 3.05) is 0 Å². The Morgan fingerprint density at radius 2 is 1.34 bits per heavy atom. The Hall–Kier alpha value is -3.67. The number of amides is 4. The molecule has 0 fully saturated rings. The van der Waals surface area contributed by atoms with Crippen molar-refractivity contribution >= 4 is 29.6 Å². The third-order valence-corrected chi connectivity index (χ3v) is 3.79. The van der Waals surface area contributed by atoms with E-state index < -0.39 is 60.6 Å². The zero-order valence-corrected chi connectivity index (χ0v) is 15.3. The molecule has 0 aromatic heterocycles. The molecule has 12 nitrogen and oxygen atoms in total. The number of nitrogens with two attached hydrogens (primary N) is 3. The van der Waals surface area contributed by atoms with E-state index in [2.05, 4.69) is 5.32 Å². The molecular weight excluding hydrogens is 386 g/mol. The minimum atomic E-state index is -1.64. The molecule has 1 aromatic carbocycles. The first-order chi connectivity index (χ1) is 13.5. The highest BCUT2D eigenvalue weighted by Crippen LogP contribution is 2.11. The molecule has 4 amide bonds. The zero-order valence-electron chi connectivity index (χ0n) is 15.3. The first kappa shape index (κ1) is 23.4. The van der Waals surface area contributed by atoms with Crippen molar-refractivity contribution in [1.29, 1.82) is 0 Å². The van der Waals surface area contributed by atoms with E-state index in [1.54, 1.807) is 12.1 Å². The second kappa shape index (κ2) is 10.6. The third-order valence-electron chi connectivity index (χ3n) is 3.79. The van der Waals surface area contributed by atoms with Gasteiger partial charge in [-0.3, -0.25) is 19.2 Å². The molecule has 3 atom stereocenters. The van der Waals surface area contributed by atoms with Crippen molar-refractivity contribution < 1.29 is 34.2 Å². The van der Waals surface area contributed by atoms with Crippen LogP contribution >= 0.6 is 0 Å². The number of carboxylic acid groups (broad SMARTS) is 1. The number of aliphatic carboxylic acids is 1. The molecule has 0 saturated heterocycles. The third kappa shape index (κ3) is 8.26. The summed E-state index contributed by atoms with van der Waals surface area (Å²) in [5, 5.41) is 22.6. The second-order valence-electron chi connectivity index (χ2n) is 6.28. The summed E-state index contributed by atoms with van der Waals surface area (Å²) >= 11 is 0. The average Bonchev–Trinajstić information content (AvgIpc) is 2.61. The molecule has 0 aliphatic heterocycles. The molecule has 3 unspecified atom stereocenters. The highest BCUT2D eigenvalue weighted by atomic mass is 16.4. The van der Waals surface area contributed by atoms with Crippen molar-refractivity contribution in [2.24, 2.45) is 17.2 Å². The molecule has 0 saturated carbocycles. The van der Waals surface area contributed by atoms with Crippen LogP contribution in [0, 0.1) is 0 Å². The Morgan fingerprint density at radius 3 is 1.83 bits per heavy atom. The van der Waals surface area contributed by atoms with Crippen LogP contribution in [-0.2, 0) is 30.4 Å². The van der Waals surface area contributed by atoms with Crippen molar-refractivity contribution in [1.82, 2.24) is 10.6 Å².